The van der Waals surface area contributed by atoms with E-state index in [0.29, 0.717) is 5.69 Å². The molecule has 0 fully saturated rings. The Labute approximate surface area is 69.2 Å². The first-order valence-electron chi connectivity index (χ1n) is 3.30. The molecule has 9 N–H and O–H groups in total. The van der Waals surface area contributed by atoms with Crippen molar-refractivity contribution in [2.24, 2.45) is 5.73 Å². The maximum absolute atomic E-state index is 9.17. The summed E-state index contributed by atoms with van der Waals surface area (Å²) in [5.74, 6) is -0.341. The van der Waals surface area contributed by atoms with Crippen LogP contribution in [0.15, 0.2) is 0 Å². The Kier molecular flexibility index (Phi) is 1.92. The first kappa shape index (κ1) is 8.41. The Bertz CT molecular complexity index is 311. The predicted molar refractivity (Wildman–Crippen MR) is 47.0 cm³/mol. The molecule has 6 heteroatoms. The van der Waals surface area contributed by atoms with Crippen molar-refractivity contribution in [1.82, 2.24) is 4.98 Å². The Morgan fingerprint density at radius 3 is 2.25 bits per heavy atom. The van der Waals surface area contributed by atoms with Crippen molar-refractivity contribution in [2.45, 2.75) is 6.54 Å². The minimum atomic E-state index is -0.287. The fraction of sp³-hybridized carbons (Fsp3) is 0.167. The molecule has 12 heavy (non-hydrogen) atoms. The van der Waals surface area contributed by atoms with Crippen molar-refractivity contribution in [2.75, 3.05) is 17.2 Å². The Morgan fingerprint density at radius 1 is 1.17 bits per heavy atom. The Hall–Kier alpha value is -1.69. The second-order valence-electron chi connectivity index (χ2n) is 2.32. The quantitative estimate of drug-likeness (QED) is 0.365. The molecule has 0 aliphatic carbocycles. The fourth-order valence-electron chi connectivity index (χ4n) is 0.835. The first-order chi connectivity index (χ1) is 5.57. The van der Waals surface area contributed by atoms with Crippen LogP contribution >= 0.6 is 0 Å². The van der Waals surface area contributed by atoms with Crippen LogP contribution in [0.3, 0.4) is 0 Å². The molecule has 0 aliphatic rings. The molecule has 1 aromatic heterocycles. The monoisotopic (exact) mass is 169 g/mol. The van der Waals surface area contributed by atoms with E-state index in [1.807, 2.05) is 0 Å². The number of nitrogens with two attached hydrogens (primary N) is 4. The van der Waals surface area contributed by atoms with E-state index in [1.54, 1.807) is 0 Å². The lowest BCUT2D eigenvalue weighted by atomic mass is 10.2. The molecule has 0 atom stereocenters. The number of hydrogen-bond acceptors (Lipinski definition) is 6. The molecule has 0 aliphatic heterocycles. The number of nitrogen functional groups attached to an aromatic ring is 3. The van der Waals surface area contributed by atoms with Gasteiger partial charge in [-0.1, -0.05) is 0 Å². The first-order valence-corrected chi connectivity index (χ1v) is 3.30. The largest absolute Gasteiger partial charge is 0.503 e. The molecule has 0 unspecified atom stereocenters. The lowest BCUT2D eigenvalue weighted by Gasteiger charge is -2.08. The van der Waals surface area contributed by atoms with E-state index in [9.17, 15) is 5.11 Å². The molecular weight excluding hydrogens is 158 g/mol. The van der Waals surface area contributed by atoms with Crippen molar-refractivity contribution in [3.05, 3.63) is 5.69 Å². The van der Waals surface area contributed by atoms with Crippen LogP contribution in [0.2, 0.25) is 0 Å². The molecule has 0 bridgehead atoms. The molecule has 0 radical (unpaired) electrons. The van der Waals surface area contributed by atoms with Crippen LogP contribution in [0.1, 0.15) is 5.69 Å². The molecule has 1 heterocycles. The van der Waals surface area contributed by atoms with Gasteiger partial charge in [0.05, 0.1) is 11.4 Å². The van der Waals surface area contributed by atoms with E-state index in [4.69, 9.17) is 22.9 Å². The SMILES string of the molecule is NCc1nc(N)c(O)c(N)c1N. The second kappa shape index (κ2) is 2.74. The minimum absolute atomic E-state index is 0.0305. The van der Waals surface area contributed by atoms with Crippen LogP contribution in [0.5, 0.6) is 5.75 Å². The van der Waals surface area contributed by atoms with E-state index in [0.717, 1.165) is 0 Å². The third-order valence-electron chi connectivity index (χ3n) is 1.55. The number of aromatic nitrogens is 1. The molecule has 0 saturated heterocycles. The average molecular weight is 169 g/mol. The molecule has 1 rings (SSSR count). The van der Waals surface area contributed by atoms with Gasteiger partial charge in [-0.3, -0.25) is 0 Å². The molecule has 66 valence electrons. The lowest BCUT2D eigenvalue weighted by molar-refractivity contribution is 0.478. The van der Waals surface area contributed by atoms with Gasteiger partial charge in [0, 0.05) is 6.54 Å². The van der Waals surface area contributed by atoms with Gasteiger partial charge >= 0.3 is 0 Å². The highest BCUT2D eigenvalue weighted by atomic mass is 16.3. The van der Waals surface area contributed by atoms with Crippen LogP contribution in [-0.2, 0) is 6.54 Å². The number of aromatic hydroxyl groups is 1. The molecule has 0 aromatic carbocycles. The topological polar surface area (TPSA) is 137 Å². The van der Waals surface area contributed by atoms with Crippen LogP contribution < -0.4 is 22.9 Å². The maximum Gasteiger partial charge on any atom is 0.183 e. The van der Waals surface area contributed by atoms with Gasteiger partial charge in [-0.2, -0.15) is 0 Å². The van der Waals surface area contributed by atoms with Crippen LogP contribution in [0.4, 0.5) is 17.2 Å². The summed E-state index contributed by atoms with van der Waals surface area (Å²) >= 11 is 0. The Balaban J connectivity index is 3.39. The van der Waals surface area contributed by atoms with Crippen LogP contribution in [-0.4, -0.2) is 10.1 Å². The summed E-state index contributed by atoms with van der Waals surface area (Å²) in [6, 6.07) is 0. The van der Waals surface area contributed by atoms with E-state index < -0.39 is 0 Å². The molecule has 0 spiro atoms. The fourth-order valence-corrected chi connectivity index (χ4v) is 0.835. The molecule has 6 nitrogen and oxygen atoms in total. The minimum Gasteiger partial charge on any atom is -0.503 e. The van der Waals surface area contributed by atoms with E-state index in [2.05, 4.69) is 4.98 Å². The lowest BCUT2D eigenvalue weighted by Crippen LogP contribution is -2.09. The Morgan fingerprint density at radius 2 is 1.75 bits per heavy atom. The third-order valence-corrected chi connectivity index (χ3v) is 1.55. The van der Waals surface area contributed by atoms with E-state index in [1.165, 1.54) is 0 Å². The van der Waals surface area contributed by atoms with Gasteiger partial charge in [-0.05, 0) is 0 Å². The normalized spacial score (nSPS) is 10.1. The zero-order valence-electron chi connectivity index (χ0n) is 6.41. The van der Waals surface area contributed by atoms with E-state index in [-0.39, 0.29) is 29.5 Å². The summed E-state index contributed by atoms with van der Waals surface area (Å²) in [7, 11) is 0. The second-order valence-corrected chi connectivity index (χ2v) is 2.32. The highest BCUT2D eigenvalue weighted by Crippen LogP contribution is 2.32. The summed E-state index contributed by atoms with van der Waals surface area (Å²) in [5.41, 5.74) is 22.1. The zero-order valence-corrected chi connectivity index (χ0v) is 6.41. The molecule has 0 saturated carbocycles. The standard InChI is InChI=1S/C6H11N5O/c7-1-2-3(8)4(9)5(12)6(10)11-2/h12H,1,7-8H2,(H4,9,10,11). The highest BCUT2D eigenvalue weighted by molar-refractivity contribution is 5.77. The van der Waals surface area contributed by atoms with Crippen LogP contribution in [0.25, 0.3) is 0 Å². The van der Waals surface area contributed by atoms with Gasteiger partial charge < -0.3 is 28.0 Å². The summed E-state index contributed by atoms with van der Waals surface area (Å²) in [4.78, 5) is 3.75. The van der Waals surface area contributed by atoms with Crippen molar-refractivity contribution >= 4 is 17.2 Å². The molecule has 1 aromatic rings. The number of rotatable bonds is 1. The van der Waals surface area contributed by atoms with Crippen molar-refractivity contribution in [3.63, 3.8) is 0 Å². The van der Waals surface area contributed by atoms with Crippen molar-refractivity contribution in [3.8, 4) is 5.75 Å². The summed E-state index contributed by atoms with van der Waals surface area (Å²) in [6.45, 7) is 0.139. The van der Waals surface area contributed by atoms with Crippen molar-refractivity contribution in [1.29, 1.82) is 0 Å². The summed E-state index contributed by atoms with van der Waals surface area (Å²) in [6.07, 6.45) is 0. The van der Waals surface area contributed by atoms with Gasteiger partial charge in [0.2, 0.25) is 0 Å². The smallest absolute Gasteiger partial charge is 0.183 e. The number of anilines is 3. The van der Waals surface area contributed by atoms with Gasteiger partial charge in [-0.15, -0.1) is 0 Å². The highest BCUT2D eigenvalue weighted by Gasteiger charge is 2.11. The number of pyridine rings is 1. The summed E-state index contributed by atoms with van der Waals surface area (Å²) < 4.78 is 0. The van der Waals surface area contributed by atoms with Crippen LogP contribution in [0, 0.1) is 0 Å². The predicted octanol–water partition coefficient (Wildman–Crippen LogP) is -1.01. The summed E-state index contributed by atoms with van der Waals surface area (Å²) in [5, 5.41) is 9.17. The zero-order chi connectivity index (χ0) is 9.30. The third kappa shape index (κ3) is 1.08. The maximum atomic E-state index is 9.17. The molecule has 0 amide bonds. The number of nitrogens with zero attached hydrogens (tertiary/aromatic N) is 1. The van der Waals surface area contributed by atoms with E-state index >= 15 is 0 Å². The average Bonchev–Trinajstić information content (AvgIpc) is 2.08. The van der Waals surface area contributed by atoms with Gasteiger partial charge in [0.25, 0.3) is 0 Å². The number of hydrogen-bond donors (Lipinski definition) is 5. The van der Waals surface area contributed by atoms with Crippen molar-refractivity contribution < 1.29 is 5.11 Å². The van der Waals surface area contributed by atoms with Gasteiger partial charge in [-0.25, -0.2) is 4.98 Å². The molecular formula is C6H11N5O. The van der Waals surface area contributed by atoms with Gasteiger partial charge in [0.15, 0.2) is 11.6 Å². The van der Waals surface area contributed by atoms with Gasteiger partial charge in [0.1, 0.15) is 5.69 Å².